The number of likely N-dealkylation sites (tertiary alicyclic amines) is 1. The molecule has 0 aliphatic carbocycles. The molecular formula is C27H34N4O2. The van der Waals surface area contributed by atoms with Gasteiger partial charge < -0.3 is 9.84 Å². The third-order valence-corrected chi connectivity index (χ3v) is 6.50. The van der Waals surface area contributed by atoms with Crippen LogP contribution in [-0.2, 0) is 11.3 Å². The van der Waals surface area contributed by atoms with E-state index in [9.17, 15) is 4.79 Å². The number of carbonyl (C=O) groups is 1. The first kappa shape index (κ1) is 23.2. The largest absolute Gasteiger partial charge is 0.349 e. The van der Waals surface area contributed by atoms with Crippen LogP contribution in [0.2, 0.25) is 0 Å². The molecule has 0 bridgehead atoms. The van der Waals surface area contributed by atoms with E-state index in [1.807, 2.05) is 36.4 Å². The van der Waals surface area contributed by atoms with Gasteiger partial charge in [0.15, 0.2) is 0 Å². The molecule has 0 spiro atoms. The molecule has 1 aliphatic rings. The summed E-state index contributed by atoms with van der Waals surface area (Å²) < 4.78 is 5.51. The maximum absolute atomic E-state index is 13.2. The van der Waals surface area contributed by atoms with E-state index >= 15 is 0 Å². The monoisotopic (exact) mass is 446 g/mol. The van der Waals surface area contributed by atoms with Gasteiger partial charge in [0.2, 0.25) is 17.6 Å². The summed E-state index contributed by atoms with van der Waals surface area (Å²) in [6.45, 7) is 10.7. The summed E-state index contributed by atoms with van der Waals surface area (Å²) >= 11 is 0. The lowest BCUT2D eigenvalue weighted by molar-refractivity contribution is -0.128. The smallest absolute Gasteiger partial charge is 0.241 e. The van der Waals surface area contributed by atoms with Crippen molar-refractivity contribution in [3.63, 3.8) is 0 Å². The highest BCUT2D eigenvalue weighted by molar-refractivity contribution is 5.79. The van der Waals surface area contributed by atoms with E-state index in [1.165, 1.54) is 16.7 Å². The van der Waals surface area contributed by atoms with Crippen LogP contribution in [-0.4, -0.2) is 34.0 Å². The second kappa shape index (κ2) is 10.3. The Balaban J connectivity index is 1.38. The number of hydrogen-bond donors (Lipinski definition) is 1. The molecule has 4 rings (SSSR count). The Bertz CT molecular complexity index is 1070. The Morgan fingerprint density at radius 2 is 1.91 bits per heavy atom. The molecule has 2 aromatic carbocycles. The summed E-state index contributed by atoms with van der Waals surface area (Å²) in [4.78, 5) is 20.0. The van der Waals surface area contributed by atoms with Crippen molar-refractivity contribution in [1.29, 1.82) is 0 Å². The summed E-state index contributed by atoms with van der Waals surface area (Å²) in [5.41, 5.74) is 4.55. The predicted octanol–water partition coefficient (Wildman–Crippen LogP) is 5.08. The van der Waals surface area contributed by atoms with Crippen molar-refractivity contribution in [1.82, 2.24) is 20.4 Å². The van der Waals surface area contributed by atoms with Gasteiger partial charge in [0.25, 0.3) is 0 Å². The van der Waals surface area contributed by atoms with Crippen LogP contribution < -0.4 is 5.32 Å². The number of nitrogens with one attached hydrogen (secondary N) is 1. The summed E-state index contributed by atoms with van der Waals surface area (Å²) in [7, 11) is 0. The lowest BCUT2D eigenvalue weighted by Gasteiger charge is -2.33. The molecule has 6 nitrogen and oxygen atoms in total. The highest BCUT2D eigenvalue weighted by Crippen LogP contribution is 2.27. The van der Waals surface area contributed by atoms with Gasteiger partial charge >= 0.3 is 0 Å². The molecule has 1 saturated heterocycles. The van der Waals surface area contributed by atoms with Crippen LogP contribution >= 0.6 is 0 Å². The van der Waals surface area contributed by atoms with Crippen LogP contribution in [0.15, 0.2) is 53.1 Å². The van der Waals surface area contributed by atoms with Gasteiger partial charge in [-0.2, -0.15) is 4.98 Å². The average molecular weight is 447 g/mol. The summed E-state index contributed by atoms with van der Waals surface area (Å²) in [6, 6.07) is 16.4. The second-order valence-corrected chi connectivity index (χ2v) is 9.54. The van der Waals surface area contributed by atoms with Crippen molar-refractivity contribution >= 4 is 5.91 Å². The van der Waals surface area contributed by atoms with E-state index in [-0.39, 0.29) is 17.9 Å². The average Bonchev–Trinajstić information content (AvgIpc) is 3.27. The molecule has 6 heteroatoms. The summed E-state index contributed by atoms with van der Waals surface area (Å²) in [5.74, 6) is 1.60. The standard InChI is InChI=1S/C27H34N4O2/c1-18(2)25(23-10-6-5-8-20(23)4)29-27(32)22-9-7-15-31(16-22)17-24-28-26(30-33-24)21-13-11-19(3)12-14-21/h5-6,8,10-14,18,22,25H,7,9,15-17H2,1-4H3,(H,29,32). The van der Waals surface area contributed by atoms with E-state index in [2.05, 4.69) is 60.2 Å². The summed E-state index contributed by atoms with van der Waals surface area (Å²) in [6.07, 6.45) is 1.88. The van der Waals surface area contributed by atoms with Crippen LogP contribution in [0.1, 0.15) is 55.3 Å². The molecule has 174 valence electrons. The van der Waals surface area contributed by atoms with Gasteiger partial charge in [-0.05, 0) is 50.3 Å². The first-order valence-corrected chi connectivity index (χ1v) is 11.9. The Hall–Kier alpha value is -2.99. The van der Waals surface area contributed by atoms with Gasteiger partial charge in [0, 0.05) is 12.1 Å². The molecule has 1 fully saturated rings. The van der Waals surface area contributed by atoms with Gasteiger partial charge in [0.1, 0.15) is 0 Å². The van der Waals surface area contributed by atoms with Crippen molar-refractivity contribution in [2.75, 3.05) is 13.1 Å². The third-order valence-electron chi connectivity index (χ3n) is 6.50. The van der Waals surface area contributed by atoms with Crippen LogP contribution in [0, 0.1) is 25.7 Å². The van der Waals surface area contributed by atoms with Crippen LogP contribution in [0.4, 0.5) is 0 Å². The number of benzene rings is 2. The van der Waals surface area contributed by atoms with Crippen molar-refractivity contribution < 1.29 is 9.32 Å². The fourth-order valence-corrected chi connectivity index (χ4v) is 4.55. The molecule has 1 aromatic heterocycles. The minimum atomic E-state index is -0.0384. The molecule has 1 N–H and O–H groups in total. The fraction of sp³-hybridized carbons (Fsp3) is 0.444. The number of piperidine rings is 1. The zero-order chi connectivity index (χ0) is 23.4. The van der Waals surface area contributed by atoms with Gasteiger partial charge in [-0.1, -0.05) is 73.1 Å². The summed E-state index contributed by atoms with van der Waals surface area (Å²) in [5, 5.41) is 7.49. The van der Waals surface area contributed by atoms with Gasteiger partial charge in [-0.25, -0.2) is 0 Å². The van der Waals surface area contributed by atoms with E-state index in [0.29, 0.717) is 30.7 Å². The molecule has 3 aromatic rings. The van der Waals surface area contributed by atoms with Gasteiger partial charge in [-0.15, -0.1) is 0 Å². The number of carbonyl (C=O) groups excluding carboxylic acids is 1. The topological polar surface area (TPSA) is 71.3 Å². The zero-order valence-corrected chi connectivity index (χ0v) is 20.0. The third kappa shape index (κ3) is 5.69. The molecular weight excluding hydrogens is 412 g/mol. The highest BCUT2D eigenvalue weighted by atomic mass is 16.5. The first-order valence-electron chi connectivity index (χ1n) is 11.9. The quantitative estimate of drug-likeness (QED) is 0.548. The Morgan fingerprint density at radius 1 is 1.15 bits per heavy atom. The minimum absolute atomic E-state index is 0.0158. The fourth-order valence-electron chi connectivity index (χ4n) is 4.55. The Labute approximate surface area is 196 Å². The minimum Gasteiger partial charge on any atom is -0.349 e. The Morgan fingerprint density at radius 3 is 2.64 bits per heavy atom. The van der Waals surface area contributed by atoms with Crippen LogP contribution in [0.5, 0.6) is 0 Å². The molecule has 1 aliphatic heterocycles. The van der Waals surface area contributed by atoms with Crippen LogP contribution in [0.3, 0.4) is 0 Å². The molecule has 1 amide bonds. The first-order chi connectivity index (χ1) is 15.9. The van der Waals surface area contributed by atoms with Crippen molar-refractivity contribution in [3.05, 3.63) is 71.1 Å². The van der Waals surface area contributed by atoms with Crippen LogP contribution in [0.25, 0.3) is 11.4 Å². The van der Waals surface area contributed by atoms with E-state index in [4.69, 9.17) is 4.52 Å². The number of hydrogen-bond acceptors (Lipinski definition) is 5. The maximum atomic E-state index is 13.2. The lowest BCUT2D eigenvalue weighted by atomic mass is 9.91. The normalized spacial score (nSPS) is 17.8. The number of rotatable bonds is 7. The Kier molecular flexibility index (Phi) is 7.23. The maximum Gasteiger partial charge on any atom is 0.241 e. The number of amides is 1. The van der Waals surface area contributed by atoms with E-state index < -0.39 is 0 Å². The van der Waals surface area contributed by atoms with E-state index in [1.54, 1.807) is 0 Å². The molecule has 2 heterocycles. The molecule has 0 saturated carbocycles. The van der Waals surface area contributed by atoms with Gasteiger partial charge in [0.05, 0.1) is 18.5 Å². The molecule has 33 heavy (non-hydrogen) atoms. The number of aryl methyl sites for hydroxylation is 2. The van der Waals surface area contributed by atoms with E-state index in [0.717, 1.165) is 24.9 Å². The molecule has 0 radical (unpaired) electrons. The lowest BCUT2D eigenvalue weighted by Crippen LogP contribution is -2.44. The second-order valence-electron chi connectivity index (χ2n) is 9.54. The number of nitrogens with zero attached hydrogens (tertiary/aromatic N) is 3. The SMILES string of the molecule is Cc1ccc(-c2noc(CN3CCCC(C(=O)NC(c4ccccc4C)C(C)C)C3)n2)cc1. The van der Waals surface area contributed by atoms with Gasteiger partial charge in [-0.3, -0.25) is 9.69 Å². The molecule has 2 atom stereocenters. The molecule has 2 unspecified atom stereocenters. The number of aromatic nitrogens is 2. The predicted molar refractivity (Wildman–Crippen MR) is 129 cm³/mol. The van der Waals surface area contributed by atoms with Crippen molar-refractivity contribution in [3.8, 4) is 11.4 Å². The van der Waals surface area contributed by atoms with Crippen molar-refractivity contribution in [2.45, 2.75) is 53.1 Å². The zero-order valence-electron chi connectivity index (χ0n) is 20.0. The van der Waals surface area contributed by atoms with Crippen molar-refractivity contribution in [2.24, 2.45) is 11.8 Å². The highest BCUT2D eigenvalue weighted by Gasteiger charge is 2.29.